The molecule has 1 atom stereocenters. The Morgan fingerprint density at radius 1 is 1.10 bits per heavy atom. The van der Waals surface area contributed by atoms with E-state index in [0.717, 1.165) is 25.7 Å². The third-order valence-electron chi connectivity index (χ3n) is 7.39. The molecule has 1 amide bonds. The largest absolute Gasteiger partial charge is 0.496 e. The average molecular weight is 586 g/mol. The van der Waals surface area contributed by atoms with Gasteiger partial charge < -0.3 is 23.8 Å². The lowest BCUT2D eigenvalue weighted by molar-refractivity contribution is -0.0502. The Kier molecular flexibility index (Phi) is 8.56. The van der Waals surface area contributed by atoms with Gasteiger partial charge >= 0.3 is 12.7 Å². The molecular formula is C31H37F2N3O6. The number of piperidine rings is 1. The number of amides is 1. The van der Waals surface area contributed by atoms with Gasteiger partial charge in [-0.15, -0.1) is 0 Å². The van der Waals surface area contributed by atoms with Gasteiger partial charge in [-0.05, 0) is 70.6 Å². The molecule has 226 valence electrons. The van der Waals surface area contributed by atoms with Crippen LogP contribution >= 0.6 is 0 Å². The Balaban J connectivity index is 1.32. The van der Waals surface area contributed by atoms with Gasteiger partial charge in [0.15, 0.2) is 5.78 Å². The first kappa shape index (κ1) is 29.6. The second kappa shape index (κ2) is 12.1. The van der Waals surface area contributed by atoms with Gasteiger partial charge in [0.1, 0.15) is 34.1 Å². The molecule has 2 aliphatic rings. The zero-order valence-electron chi connectivity index (χ0n) is 24.4. The number of pyridine rings is 1. The van der Waals surface area contributed by atoms with Crippen molar-refractivity contribution < 1.29 is 37.3 Å². The molecule has 1 aromatic carbocycles. The molecule has 9 nitrogen and oxygen atoms in total. The van der Waals surface area contributed by atoms with Crippen LogP contribution in [-0.4, -0.2) is 65.2 Å². The van der Waals surface area contributed by atoms with Crippen molar-refractivity contribution in [3.63, 3.8) is 0 Å². The number of methoxy groups -OCH3 is 1. The molecule has 3 aromatic rings. The number of ether oxygens (including phenoxy) is 4. The summed E-state index contributed by atoms with van der Waals surface area (Å²) in [6.07, 6.45) is 7.09. The van der Waals surface area contributed by atoms with Crippen LogP contribution in [-0.2, 0) is 4.74 Å². The third-order valence-corrected chi connectivity index (χ3v) is 7.39. The molecule has 0 radical (unpaired) electrons. The van der Waals surface area contributed by atoms with E-state index in [-0.39, 0.29) is 47.2 Å². The van der Waals surface area contributed by atoms with Gasteiger partial charge in [0.05, 0.1) is 25.6 Å². The number of Topliss-reactive ketones (excluding diaryl/α,β-unsaturated/α-hetero) is 1. The van der Waals surface area contributed by atoms with Crippen LogP contribution < -0.4 is 14.2 Å². The van der Waals surface area contributed by atoms with Crippen molar-refractivity contribution in [2.45, 2.75) is 65.1 Å². The smallest absolute Gasteiger partial charge is 0.410 e. The van der Waals surface area contributed by atoms with Gasteiger partial charge in [0.2, 0.25) is 0 Å². The van der Waals surface area contributed by atoms with Crippen molar-refractivity contribution in [3.8, 4) is 28.5 Å². The summed E-state index contributed by atoms with van der Waals surface area (Å²) in [6.45, 7) is 4.12. The number of halogens is 2. The number of benzene rings is 1. The van der Waals surface area contributed by atoms with Crippen molar-refractivity contribution in [2.24, 2.45) is 11.8 Å². The molecule has 0 unspecified atom stereocenters. The number of rotatable bonds is 10. The average Bonchev–Trinajstić information content (AvgIpc) is 3.65. The Hall–Kier alpha value is -3.89. The minimum atomic E-state index is -3.10. The van der Waals surface area contributed by atoms with Crippen molar-refractivity contribution in [1.29, 1.82) is 0 Å². The van der Waals surface area contributed by atoms with Crippen LogP contribution in [0, 0.1) is 11.8 Å². The second-order valence-corrected chi connectivity index (χ2v) is 12.0. The van der Waals surface area contributed by atoms with Crippen LogP contribution in [0.4, 0.5) is 13.6 Å². The van der Waals surface area contributed by atoms with E-state index in [1.54, 1.807) is 39.9 Å². The highest BCUT2D eigenvalue weighted by molar-refractivity contribution is 6.02. The summed E-state index contributed by atoms with van der Waals surface area (Å²) in [7, 11) is 1.40. The van der Waals surface area contributed by atoms with Crippen molar-refractivity contribution >= 4 is 17.5 Å². The van der Waals surface area contributed by atoms with Crippen LogP contribution in [0.1, 0.15) is 63.2 Å². The molecule has 2 aromatic heterocycles. The van der Waals surface area contributed by atoms with Gasteiger partial charge in [-0.1, -0.05) is 0 Å². The highest BCUT2D eigenvalue weighted by Gasteiger charge is 2.30. The van der Waals surface area contributed by atoms with Crippen molar-refractivity contribution in [1.82, 2.24) is 14.3 Å². The highest BCUT2D eigenvalue weighted by atomic mass is 19.3. The van der Waals surface area contributed by atoms with Gasteiger partial charge in [-0.25, -0.2) is 9.78 Å². The van der Waals surface area contributed by atoms with Gasteiger partial charge in [0, 0.05) is 43.3 Å². The molecule has 0 bridgehead atoms. The molecule has 11 heteroatoms. The fourth-order valence-electron chi connectivity index (χ4n) is 5.22. The van der Waals surface area contributed by atoms with E-state index < -0.39 is 12.2 Å². The molecule has 0 spiro atoms. The molecular weight excluding hydrogens is 548 g/mol. The van der Waals surface area contributed by atoms with Crippen LogP contribution in [0.25, 0.3) is 16.9 Å². The van der Waals surface area contributed by atoms with E-state index in [1.165, 1.54) is 13.2 Å². The van der Waals surface area contributed by atoms with Gasteiger partial charge in [-0.2, -0.15) is 8.78 Å². The summed E-state index contributed by atoms with van der Waals surface area (Å²) in [6, 6.07) is 6.67. The van der Waals surface area contributed by atoms with Gasteiger partial charge in [0.25, 0.3) is 0 Å². The molecule has 1 saturated carbocycles. The minimum Gasteiger partial charge on any atom is -0.496 e. The van der Waals surface area contributed by atoms with Crippen LogP contribution in [0.3, 0.4) is 0 Å². The predicted molar refractivity (Wildman–Crippen MR) is 152 cm³/mol. The molecule has 3 heterocycles. The lowest BCUT2D eigenvalue weighted by atomic mass is 9.99. The maximum absolute atomic E-state index is 13.3. The summed E-state index contributed by atoms with van der Waals surface area (Å²) in [5, 5.41) is 0. The SMILES string of the molecule is COc1cc(-c2cnc3cc(OC[C@@H]4CCCN(C(=O)OC(C)(C)C)C4)ccn23)cc(OC(F)F)c1C(=O)CC1CC1. The number of hydrogen-bond donors (Lipinski definition) is 0. The first-order chi connectivity index (χ1) is 20.0. The summed E-state index contributed by atoms with van der Waals surface area (Å²) < 4.78 is 50.4. The number of likely N-dealkylation sites (tertiary alicyclic amines) is 1. The quantitative estimate of drug-likeness (QED) is 0.247. The Labute approximate surface area is 243 Å². The number of alkyl halides is 2. The molecule has 2 fully saturated rings. The number of imidazole rings is 1. The van der Waals surface area contributed by atoms with Crippen LogP contribution in [0.5, 0.6) is 17.2 Å². The predicted octanol–water partition coefficient (Wildman–Crippen LogP) is 6.62. The normalized spacial score (nSPS) is 17.4. The van der Waals surface area contributed by atoms with E-state index >= 15 is 0 Å². The number of nitrogens with zero attached hydrogens (tertiary/aromatic N) is 3. The Morgan fingerprint density at radius 3 is 2.55 bits per heavy atom. The Morgan fingerprint density at radius 2 is 1.86 bits per heavy atom. The van der Waals surface area contributed by atoms with E-state index in [1.807, 2.05) is 20.8 Å². The number of fused-ring (bicyclic) bond motifs is 1. The molecule has 1 saturated heterocycles. The maximum atomic E-state index is 13.3. The zero-order chi connectivity index (χ0) is 30.0. The lowest BCUT2D eigenvalue weighted by Gasteiger charge is -2.34. The first-order valence-corrected chi connectivity index (χ1v) is 14.3. The number of ketones is 1. The van der Waals surface area contributed by atoms with E-state index in [2.05, 4.69) is 4.98 Å². The molecule has 1 aliphatic carbocycles. The molecule has 5 rings (SSSR count). The second-order valence-electron chi connectivity index (χ2n) is 12.0. The molecule has 1 aliphatic heterocycles. The number of hydrogen-bond acceptors (Lipinski definition) is 7. The molecule has 42 heavy (non-hydrogen) atoms. The highest BCUT2D eigenvalue weighted by Crippen LogP contribution is 2.40. The first-order valence-electron chi connectivity index (χ1n) is 14.3. The Bertz CT molecular complexity index is 1450. The minimum absolute atomic E-state index is 0.0332. The van der Waals surface area contributed by atoms with Crippen LogP contribution in [0.15, 0.2) is 36.7 Å². The third kappa shape index (κ3) is 7.11. The maximum Gasteiger partial charge on any atom is 0.410 e. The summed E-state index contributed by atoms with van der Waals surface area (Å²) in [5.41, 5.74) is 1.19. The monoisotopic (exact) mass is 585 g/mol. The number of carbonyl (C=O) groups excluding carboxylic acids is 2. The topological polar surface area (TPSA) is 91.6 Å². The summed E-state index contributed by atoms with van der Waals surface area (Å²) in [4.78, 5) is 31.7. The van der Waals surface area contributed by atoms with E-state index in [4.69, 9.17) is 18.9 Å². The van der Waals surface area contributed by atoms with E-state index in [0.29, 0.717) is 42.4 Å². The molecule has 0 N–H and O–H groups in total. The fraction of sp³-hybridized carbons (Fsp3) is 0.516. The summed E-state index contributed by atoms with van der Waals surface area (Å²) >= 11 is 0. The lowest BCUT2D eigenvalue weighted by Crippen LogP contribution is -2.44. The number of carbonyl (C=O) groups is 2. The van der Waals surface area contributed by atoms with Crippen molar-refractivity contribution in [3.05, 3.63) is 42.2 Å². The van der Waals surface area contributed by atoms with Gasteiger partial charge in [-0.3, -0.25) is 9.20 Å². The van der Waals surface area contributed by atoms with E-state index in [9.17, 15) is 18.4 Å². The zero-order valence-corrected chi connectivity index (χ0v) is 24.4. The summed E-state index contributed by atoms with van der Waals surface area (Å²) in [5.74, 6) is 0.751. The van der Waals surface area contributed by atoms with Crippen LogP contribution in [0.2, 0.25) is 0 Å². The fourth-order valence-corrected chi connectivity index (χ4v) is 5.22. The standard InChI is InChI=1S/C31H37F2N3O6/c1-31(2,3)42-30(38)35-10-5-6-20(17-35)18-40-22-9-11-36-23(16-34-27(36)15-22)21-13-25(39-4)28(24(37)12-19-7-8-19)26(14-21)41-29(32)33/h9,11,13-16,19-20,29H,5-8,10,12,17-18H2,1-4H3/t20-/m1/s1. The number of aromatic nitrogens is 2. The van der Waals surface area contributed by atoms with Crippen molar-refractivity contribution in [2.75, 3.05) is 26.8 Å².